The Morgan fingerprint density at radius 3 is 3.09 bits per heavy atom. The quantitative estimate of drug-likeness (QED) is 0.900. The van der Waals surface area contributed by atoms with E-state index in [-0.39, 0.29) is 6.03 Å². The third kappa shape index (κ3) is 2.33. The lowest BCUT2D eigenvalue weighted by Gasteiger charge is -2.14. The Balaban J connectivity index is 1.61. The first-order valence-electron chi connectivity index (χ1n) is 7.47. The zero-order chi connectivity index (χ0) is 14.9. The number of urea groups is 1. The summed E-state index contributed by atoms with van der Waals surface area (Å²) in [5.74, 6) is 1.83. The van der Waals surface area contributed by atoms with Crippen LogP contribution in [0, 0.1) is 0 Å². The molecule has 7 heteroatoms. The Labute approximate surface area is 127 Å². The molecule has 2 N–H and O–H groups in total. The molecule has 0 aliphatic carbocycles. The average molecular weight is 299 g/mol. The van der Waals surface area contributed by atoms with Crippen molar-refractivity contribution in [3.63, 3.8) is 0 Å². The van der Waals surface area contributed by atoms with Crippen LogP contribution in [0.2, 0.25) is 0 Å². The van der Waals surface area contributed by atoms with E-state index in [1.54, 1.807) is 4.90 Å². The first-order valence-corrected chi connectivity index (χ1v) is 7.47. The lowest BCUT2D eigenvalue weighted by Crippen LogP contribution is -2.27. The topological polar surface area (TPSA) is 83.1 Å². The SMILES string of the molecule is O=C1NCCN1c1cccc(-c2n[nH]c([C@H]3CCOC3)n2)c1. The Bertz CT molecular complexity index is 693. The molecule has 3 heterocycles. The summed E-state index contributed by atoms with van der Waals surface area (Å²) in [6.07, 6.45) is 0.975. The number of ether oxygens (including phenoxy) is 1. The minimum Gasteiger partial charge on any atom is -0.381 e. The molecule has 2 saturated heterocycles. The number of aromatic nitrogens is 3. The largest absolute Gasteiger partial charge is 0.381 e. The number of hydrogen-bond donors (Lipinski definition) is 2. The number of rotatable bonds is 3. The van der Waals surface area contributed by atoms with Crippen LogP contribution in [0.5, 0.6) is 0 Å². The molecule has 0 bridgehead atoms. The molecule has 0 saturated carbocycles. The number of nitrogens with zero attached hydrogens (tertiary/aromatic N) is 3. The molecule has 7 nitrogen and oxygen atoms in total. The van der Waals surface area contributed by atoms with E-state index in [1.165, 1.54) is 0 Å². The smallest absolute Gasteiger partial charge is 0.321 e. The monoisotopic (exact) mass is 299 g/mol. The molecule has 114 valence electrons. The second kappa shape index (κ2) is 5.42. The van der Waals surface area contributed by atoms with Gasteiger partial charge in [0.15, 0.2) is 5.82 Å². The van der Waals surface area contributed by atoms with Gasteiger partial charge >= 0.3 is 6.03 Å². The van der Waals surface area contributed by atoms with Gasteiger partial charge in [-0.15, -0.1) is 0 Å². The maximum atomic E-state index is 11.8. The van der Waals surface area contributed by atoms with E-state index in [1.807, 2.05) is 24.3 Å². The van der Waals surface area contributed by atoms with Crippen LogP contribution >= 0.6 is 0 Å². The Morgan fingerprint density at radius 1 is 1.36 bits per heavy atom. The normalized spacial score (nSPS) is 21.4. The highest BCUT2D eigenvalue weighted by molar-refractivity contribution is 5.94. The summed E-state index contributed by atoms with van der Waals surface area (Å²) in [7, 11) is 0. The minimum absolute atomic E-state index is 0.0593. The van der Waals surface area contributed by atoms with Crippen molar-refractivity contribution in [2.24, 2.45) is 0 Å². The molecule has 2 amide bonds. The molecule has 1 aromatic heterocycles. The van der Waals surface area contributed by atoms with E-state index in [9.17, 15) is 4.79 Å². The number of aromatic amines is 1. The summed E-state index contributed by atoms with van der Waals surface area (Å²) in [6.45, 7) is 2.83. The Morgan fingerprint density at radius 2 is 2.32 bits per heavy atom. The molecule has 0 spiro atoms. The zero-order valence-electron chi connectivity index (χ0n) is 12.1. The fourth-order valence-corrected chi connectivity index (χ4v) is 2.87. The van der Waals surface area contributed by atoms with Gasteiger partial charge in [0.1, 0.15) is 5.82 Å². The van der Waals surface area contributed by atoms with Crippen molar-refractivity contribution in [2.45, 2.75) is 12.3 Å². The number of carbonyl (C=O) groups is 1. The van der Waals surface area contributed by atoms with Gasteiger partial charge in [-0.3, -0.25) is 10.00 Å². The molecular formula is C15H17N5O2. The van der Waals surface area contributed by atoms with Crippen molar-refractivity contribution < 1.29 is 9.53 Å². The van der Waals surface area contributed by atoms with E-state index in [0.717, 1.165) is 30.1 Å². The van der Waals surface area contributed by atoms with E-state index >= 15 is 0 Å². The highest BCUT2D eigenvalue weighted by Crippen LogP contribution is 2.26. The number of carbonyl (C=O) groups excluding carboxylic acids is 1. The third-order valence-corrected chi connectivity index (χ3v) is 4.09. The Hall–Kier alpha value is -2.41. The maximum Gasteiger partial charge on any atom is 0.321 e. The van der Waals surface area contributed by atoms with Crippen molar-refractivity contribution in [1.82, 2.24) is 20.5 Å². The van der Waals surface area contributed by atoms with Crippen molar-refractivity contribution >= 4 is 11.7 Å². The van der Waals surface area contributed by atoms with Gasteiger partial charge in [-0.25, -0.2) is 9.78 Å². The standard InChI is InChI=1S/C15H17N5O2/c21-15-16-5-6-20(15)12-3-1-2-10(8-12)13-17-14(19-18-13)11-4-7-22-9-11/h1-3,8,11H,4-7,9H2,(H,16,21)(H,17,18,19)/t11-/m0/s1. The molecule has 22 heavy (non-hydrogen) atoms. The third-order valence-electron chi connectivity index (χ3n) is 4.09. The van der Waals surface area contributed by atoms with Crippen LogP contribution in [0.15, 0.2) is 24.3 Å². The summed E-state index contributed by atoms with van der Waals surface area (Å²) in [5, 5.41) is 10.1. The average Bonchev–Trinajstić information content (AvgIpc) is 3.28. The second-order valence-electron chi connectivity index (χ2n) is 5.54. The minimum atomic E-state index is -0.0593. The summed E-state index contributed by atoms with van der Waals surface area (Å²) in [6, 6.07) is 7.69. The van der Waals surface area contributed by atoms with Gasteiger partial charge in [0.25, 0.3) is 0 Å². The number of amides is 2. The predicted octanol–water partition coefficient (Wildman–Crippen LogP) is 1.51. The molecular weight excluding hydrogens is 282 g/mol. The molecule has 4 rings (SSSR count). The van der Waals surface area contributed by atoms with Crippen LogP contribution in [0.4, 0.5) is 10.5 Å². The molecule has 2 aromatic rings. The van der Waals surface area contributed by atoms with Crippen molar-refractivity contribution in [3.8, 4) is 11.4 Å². The molecule has 2 aliphatic heterocycles. The summed E-state index contributed by atoms with van der Waals surface area (Å²) < 4.78 is 5.39. The van der Waals surface area contributed by atoms with Gasteiger partial charge < -0.3 is 10.1 Å². The first kappa shape index (κ1) is 13.3. The maximum absolute atomic E-state index is 11.8. The van der Waals surface area contributed by atoms with Crippen LogP contribution in [0.3, 0.4) is 0 Å². The van der Waals surface area contributed by atoms with E-state index in [2.05, 4.69) is 20.5 Å². The van der Waals surface area contributed by atoms with Crippen LogP contribution in [0.25, 0.3) is 11.4 Å². The highest BCUT2D eigenvalue weighted by Gasteiger charge is 2.23. The second-order valence-corrected chi connectivity index (χ2v) is 5.54. The summed E-state index contributed by atoms with van der Waals surface area (Å²) in [5.41, 5.74) is 1.77. The number of hydrogen-bond acceptors (Lipinski definition) is 4. The zero-order valence-corrected chi connectivity index (χ0v) is 12.1. The number of H-pyrrole nitrogens is 1. The van der Waals surface area contributed by atoms with Crippen LogP contribution in [0.1, 0.15) is 18.2 Å². The highest BCUT2D eigenvalue weighted by atomic mass is 16.5. The molecule has 1 aromatic carbocycles. The van der Waals surface area contributed by atoms with Gasteiger partial charge in [0.05, 0.1) is 6.61 Å². The van der Waals surface area contributed by atoms with Crippen LogP contribution < -0.4 is 10.2 Å². The fourth-order valence-electron chi connectivity index (χ4n) is 2.87. The number of nitrogens with one attached hydrogen (secondary N) is 2. The van der Waals surface area contributed by atoms with Gasteiger partial charge in [-0.05, 0) is 18.6 Å². The number of anilines is 1. The van der Waals surface area contributed by atoms with E-state index in [0.29, 0.717) is 31.4 Å². The summed E-state index contributed by atoms with van der Waals surface area (Å²) in [4.78, 5) is 18.1. The van der Waals surface area contributed by atoms with E-state index in [4.69, 9.17) is 4.74 Å². The molecule has 2 fully saturated rings. The van der Waals surface area contributed by atoms with Gasteiger partial charge in [0, 0.05) is 36.9 Å². The van der Waals surface area contributed by atoms with Crippen molar-refractivity contribution in [1.29, 1.82) is 0 Å². The van der Waals surface area contributed by atoms with Crippen molar-refractivity contribution in [3.05, 3.63) is 30.1 Å². The molecule has 0 unspecified atom stereocenters. The Kier molecular flexibility index (Phi) is 3.27. The fraction of sp³-hybridized carbons (Fsp3) is 0.400. The van der Waals surface area contributed by atoms with Crippen LogP contribution in [-0.4, -0.2) is 47.5 Å². The first-order chi connectivity index (χ1) is 10.8. The van der Waals surface area contributed by atoms with E-state index < -0.39 is 0 Å². The predicted molar refractivity (Wildman–Crippen MR) is 80.7 cm³/mol. The lowest BCUT2D eigenvalue weighted by molar-refractivity contribution is 0.193. The van der Waals surface area contributed by atoms with Crippen molar-refractivity contribution in [2.75, 3.05) is 31.2 Å². The summed E-state index contributed by atoms with van der Waals surface area (Å²) >= 11 is 0. The lowest BCUT2D eigenvalue weighted by atomic mass is 10.1. The van der Waals surface area contributed by atoms with Crippen LogP contribution in [-0.2, 0) is 4.74 Å². The molecule has 2 aliphatic rings. The molecule has 1 atom stereocenters. The van der Waals surface area contributed by atoms with Gasteiger partial charge in [0.2, 0.25) is 0 Å². The number of benzene rings is 1. The molecule has 0 radical (unpaired) electrons. The van der Waals surface area contributed by atoms with Gasteiger partial charge in [-0.1, -0.05) is 12.1 Å². The van der Waals surface area contributed by atoms with Gasteiger partial charge in [-0.2, -0.15) is 5.10 Å².